The van der Waals surface area contributed by atoms with Crippen LogP contribution in [0.1, 0.15) is 24.1 Å². The predicted octanol–water partition coefficient (Wildman–Crippen LogP) is 4.22. The van der Waals surface area contributed by atoms with Gasteiger partial charge < -0.3 is 5.32 Å². The van der Waals surface area contributed by atoms with E-state index in [1.54, 1.807) is 6.07 Å². The summed E-state index contributed by atoms with van der Waals surface area (Å²) in [5.41, 5.74) is 2.48. The third-order valence-electron chi connectivity index (χ3n) is 4.10. The second kappa shape index (κ2) is 5.92. The van der Waals surface area contributed by atoms with Crippen LogP contribution >= 0.6 is 0 Å². The number of halogens is 1. The number of rotatable bonds is 4. The van der Waals surface area contributed by atoms with Gasteiger partial charge in [-0.1, -0.05) is 36.4 Å². The number of H-pyrrole nitrogens is 1. The molecule has 1 heterocycles. The number of benzene rings is 2. The Morgan fingerprint density at radius 3 is 2.75 bits per heavy atom. The van der Waals surface area contributed by atoms with Crippen molar-refractivity contribution in [1.82, 2.24) is 10.2 Å². The van der Waals surface area contributed by atoms with Crippen molar-refractivity contribution in [2.45, 2.75) is 12.8 Å². The van der Waals surface area contributed by atoms with Crippen molar-refractivity contribution < 1.29 is 9.18 Å². The van der Waals surface area contributed by atoms with Crippen molar-refractivity contribution in [1.29, 1.82) is 0 Å². The van der Waals surface area contributed by atoms with Gasteiger partial charge >= 0.3 is 0 Å². The Bertz CT molecular complexity index is 926. The van der Waals surface area contributed by atoms with Crippen molar-refractivity contribution in [3.05, 3.63) is 59.5 Å². The van der Waals surface area contributed by atoms with Crippen LogP contribution in [0.3, 0.4) is 0 Å². The lowest BCUT2D eigenvalue weighted by Crippen LogP contribution is -2.13. The minimum absolute atomic E-state index is 0.0429. The number of amides is 1. The third kappa shape index (κ3) is 2.93. The zero-order valence-electron chi connectivity index (χ0n) is 12.9. The lowest BCUT2D eigenvalue weighted by Gasteiger charge is -2.05. The van der Waals surface area contributed by atoms with Gasteiger partial charge in [0.05, 0.1) is 5.69 Å². The molecule has 0 saturated heterocycles. The van der Waals surface area contributed by atoms with Crippen molar-refractivity contribution in [2.24, 2.45) is 5.92 Å². The Balaban J connectivity index is 1.67. The number of nitrogens with one attached hydrogen (secondary N) is 2. The summed E-state index contributed by atoms with van der Waals surface area (Å²) in [4.78, 5) is 11.9. The monoisotopic (exact) mass is 321 g/mol. The highest BCUT2D eigenvalue weighted by Gasteiger charge is 2.29. The molecule has 0 atom stereocenters. The third-order valence-corrected chi connectivity index (χ3v) is 4.10. The first-order chi connectivity index (χ1) is 11.7. The summed E-state index contributed by atoms with van der Waals surface area (Å²) >= 11 is 0. The standard InChI is InChI=1S/C19H16FN3O/c20-16-11-14(21-19(24)13-7-8-13)10-15-17(22-23-18(15)16)9-6-12-4-2-1-3-5-12/h1-6,9-11,13H,7-8H2,(H,21,24)(H,22,23). The van der Waals surface area contributed by atoms with Crippen LogP contribution < -0.4 is 5.32 Å². The van der Waals surface area contributed by atoms with Crippen LogP contribution in [0.5, 0.6) is 0 Å². The average molecular weight is 321 g/mol. The van der Waals surface area contributed by atoms with Crippen LogP contribution in [0.2, 0.25) is 0 Å². The molecule has 0 aliphatic heterocycles. The summed E-state index contributed by atoms with van der Waals surface area (Å²) in [5, 5.41) is 10.3. The number of hydrogen-bond acceptors (Lipinski definition) is 2. The van der Waals surface area contributed by atoms with E-state index in [4.69, 9.17) is 0 Å². The van der Waals surface area contributed by atoms with E-state index in [-0.39, 0.29) is 17.3 Å². The van der Waals surface area contributed by atoms with E-state index in [0.717, 1.165) is 18.4 Å². The highest BCUT2D eigenvalue weighted by molar-refractivity contribution is 5.98. The fourth-order valence-corrected chi connectivity index (χ4v) is 2.63. The molecule has 1 aliphatic carbocycles. The summed E-state index contributed by atoms with van der Waals surface area (Å²) in [7, 11) is 0. The summed E-state index contributed by atoms with van der Waals surface area (Å²) in [6, 6.07) is 12.9. The van der Waals surface area contributed by atoms with Gasteiger partial charge in [-0.05, 0) is 36.6 Å². The molecule has 4 rings (SSSR count). The molecule has 1 fully saturated rings. The molecule has 4 nitrogen and oxygen atoms in total. The quantitative estimate of drug-likeness (QED) is 0.756. The van der Waals surface area contributed by atoms with Crippen LogP contribution in [0, 0.1) is 11.7 Å². The first-order valence-corrected chi connectivity index (χ1v) is 7.92. The summed E-state index contributed by atoms with van der Waals surface area (Å²) in [6.07, 6.45) is 5.61. The molecule has 0 radical (unpaired) electrons. The maximum Gasteiger partial charge on any atom is 0.227 e. The van der Waals surface area contributed by atoms with Crippen LogP contribution in [-0.2, 0) is 4.79 Å². The van der Waals surface area contributed by atoms with Crippen LogP contribution in [-0.4, -0.2) is 16.1 Å². The molecular formula is C19H16FN3O. The molecule has 120 valence electrons. The molecule has 2 N–H and O–H groups in total. The highest BCUT2D eigenvalue weighted by atomic mass is 19.1. The molecule has 1 aliphatic rings. The van der Waals surface area contributed by atoms with E-state index < -0.39 is 5.82 Å². The predicted molar refractivity (Wildman–Crippen MR) is 92.8 cm³/mol. The Kier molecular flexibility index (Phi) is 3.61. The molecule has 0 spiro atoms. The molecule has 5 heteroatoms. The van der Waals surface area contributed by atoms with Gasteiger partial charge in [0.15, 0.2) is 5.82 Å². The maximum atomic E-state index is 14.2. The molecule has 1 saturated carbocycles. The number of carbonyl (C=O) groups is 1. The van der Waals surface area contributed by atoms with Crippen LogP contribution in [0.15, 0.2) is 42.5 Å². The van der Waals surface area contributed by atoms with E-state index in [1.165, 1.54) is 6.07 Å². The Hall–Kier alpha value is -2.95. The number of aromatic nitrogens is 2. The van der Waals surface area contributed by atoms with Gasteiger partial charge in [0.2, 0.25) is 5.91 Å². The van der Waals surface area contributed by atoms with Crippen LogP contribution in [0.25, 0.3) is 23.1 Å². The van der Waals surface area contributed by atoms with E-state index in [2.05, 4.69) is 15.5 Å². The average Bonchev–Trinajstić information content (AvgIpc) is 3.36. The number of anilines is 1. The summed E-state index contributed by atoms with van der Waals surface area (Å²) in [5.74, 6) is -0.418. The summed E-state index contributed by atoms with van der Waals surface area (Å²) < 4.78 is 14.2. The van der Waals surface area contributed by atoms with E-state index in [0.29, 0.717) is 16.8 Å². The van der Waals surface area contributed by atoms with Gasteiger partial charge in [-0.15, -0.1) is 0 Å². The topological polar surface area (TPSA) is 57.8 Å². The fraction of sp³-hybridized carbons (Fsp3) is 0.158. The highest BCUT2D eigenvalue weighted by Crippen LogP contribution is 2.31. The zero-order valence-corrected chi connectivity index (χ0v) is 12.9. The van der Waals surface area contributed by atoms with Gasteiger partial charge in [-0.3, -0.25) is 9.89 Å². The van der Waals surface area contributed by atoms with Crippen molar-refractivity contribution >= 4 is 34.6 Å². The Labute approximate surface area is 138 Å². The molecule has 24 heavy (non-hydrogen) atoms. The number of nitrogens with zero attached hydrogens (tertiary/aromatic N) is 1. The van der Waals surface area contributed by atoms with Gasteiger partial charge in [-0.25, -0.2) is 4.39 Å². The number of aromatic amines is 1. The molecular weight excluding hydrogens is 305 g/mol. The largest absolute Gasteiger partial charge is 0.326 e. The molecule has 1 amide bonds. The van der Waals surface area contributed by atoms with Gasteiger partial charge in [-0.2, -0.15) is 5.10 Å². The minimum Gasteiger partial charge on any atom is -0.326 e. The Morgan fingerprint density at radius 1 is 1.21 bits per heavy atom. The van der Waals surface area contributed by atoms with Gasteiger partial charge in [0.25, 0.3) is 0 Å². The molecule has 0 unspecified atom stereocenters. The maximum absolute atomic E-state index is 14.2. The van der Waals surface area contributed by atoms with E-state index in [9.17, 15) is 9.18 Å². The molecule has 2 aromatic carbocycles. The van der Waals surface area contributed by atoms with Gasteiger partial charge in [0.1, 0.15) is 5.52 Å². The SMILES string of the molecule is O=C(Nc1cc(F)c2n[nH]c(C=Cc3ccccc3)c2c1)C1CC1. The van der Waals surface area contributed by atoms with E-state index in [1.807, 2.05) is 42.5 Å². The first-order valence-electron chi connectivity index (χ1n) is 7.92. The van der Waals surface area contributed by atoms with Crippen molar-refractivity contribution in [3.63, 3.8) is 0 Å². The smallest absolute Gasteiger partial charge is 0.227 e. The lowest BCUT2D eigenvalue weighted by atomic mass is 10.1. The number of carbonyl (C=O) groups excluding carboxylic acids is 1. The fourth-order valence-electron chi connectivity index (χ4n) is 2.63. The molecule has 0 bridgehead atoms. The number of fused-ring (bicyclic) bond motifs is 1. The second-order valence-electron chi connectivity index (χ2n) is 6.00. The van der Waals surface area contributed by atoms with E-state index >= 15 is 0 Å². The minimum atomic E-state index is -0.450. The van der Waals surface area contributed by atoms with Crippen LogP contribution in [0.4, 0.5) is 10.1 Å². The normalized spacial score (nSPS) is 14.4. The van der Waals surface area contributed by atoms with Crippen molar-refractivity contribution in [2.75, 3.05) is 5.32 Å². The Morgan fingerprint density at radius 2 is 2.00 bits per heavy atom. The van der Waals surface area contributed by atoms with Gasteiger partial charge in [0, 0.05) is 17.0 Å². The number of hydrogen-bond donors (Lipinski definition) is 2. The lowest BCUT2D eigenvalue weighted by molar-refractivity contribution is -0.117. The molecule has 3 aromatic rings. The second-order valence-corrected chi connectivity index (χ2v) is 6.00. The first kappa shape index (κ1) is 14.6. The zero-order chi connectivity index (χ0) is 16.5. The summed E-state index contributed by atoms with van der Waals surface area (Å²) in [6.45, 7) is 0. The van der Waals surface area contributed by atoms with Crippen molar-refractivity contribution in [3.8, 4) is 0 Å². The molecule has 1 aromatic heterocycles.